The van der Waals surface area contributed by atoms with Gasteiger partial charge in [-0.3, -0.25) is 9.35 Å². The smallest absolute Gasteiger partial charge is 0.304 e. The van der Waals surface area contributed by atoms with Gasteiger partial charge in [-0.1, -0.05) is 11.8 Å². The van der Waals surface area contributed by atoms with E-state index in [-0.39, 0.29) is 5.12 Å². The molecule has 0 bridgehead atoms. The number of carbonyl (C=O) groups excluding carboxylic acids is 1. The number of hydrogen-bond donors (Lipinski definition) is 2. The van der Waals surface area contributed by atoms with Gasteiger partial charge in [0.25, 0.3) is 0 Å². The first-order valence-electron chi connectivity index (χ1n) is 4.46. The summed E-state index contributed by atoms with van der Waals surface area (Å²) in [5.41, 5.74) is -4.39. The lowest BCUT2D eigenvalue weighted by atomic mass is 10.6. The van der Waals surface area contributed by atoms with Crippen LogP contribution in [0.3, 0.4) is 0 Å². The maximum atomic E-state index is 10.7. The summed E-state index contributed by atoms with van der Waals surface area (Å²) in [5, 5.41) is 4.09. The van der Waals surface area contributed by atoms with Crippen molar-refractivity contribution >= 4 is 38.9 Å². The van der Waals surface area contributed by atoms with E-state index in [4.69, 9.17) is 13.0 Å². The van der Waals surface area contributed by atoms with E-state index in [1.54, 1.807) is 6.92 Å². The largest absolute Gasteiger partial charge is 0.522 e. The molecular formula is C7H11F3N2O4S3. The number of carbonyl (C=O) groups is 1. The molecule has 112 valence electrons. The second kappa shape index (κ2) is 7.38. The molecule has 1 heterocycles. The average Bonchev–Trinajstić information content (AvgIpc) is 2.58. The molecule has 0 aromatic heterocycles. The SMILES string of the molecule is CC(=O)SCC1=CSNN1C.O=S(=O)(O)C(F)(F)F. The maximum absolute atomic E-state index is 10.7. The summed E-state index contributed by atoms with van der Waals surface area (Å²) in [4.78, 5) is 13.6. The van der Waals surface area contributed by atoms with Crippen LogP contribution < -0.4 is 4.83 Å². The summed E-state index contributed by atoms with van der Waals surface area (Å²) in [7, 11) is -3.90. The van der Waals surface area contributed by atoms with E-state index in [1.807, 2.05) is 17.5 Å². The number of hydrogen-bond acceptors (Lipinski definition) is 7. The highest BCUT2D eigenvalue weighted by Gasteiger charge is 2.44. The lowest BCUT2D eigenvalue weighted by molar-refractivity contribution is -0.109. The van der Waals surface area contributed by atoms with E-state index in [2.05, 4.69) is 4.83 Å². The second-order valence-electron chi connectivity index (χ2n) is 3.08. The van der Waals surface area contributed by atoms with E-state index in [1.165, 1.54) is 23.7 Å². The fraction of sp³-hybridized carbons (Fsp3) is 0.571. The topological polar surface area (TPSA) is 86.7 Å². The monoisotopic (exact) mass is 340 g/mol. The molecule has 0 fully saturated rings. The third kappa shape index (κ3) is 7.67. The molecule has 0 saturated carbocycles. The highest BCUT2D eigenvalue weighted by atomic mass is 32.2. The first kappa shape index (κ1) is 18.6. The summed E-state index contributed by atoms with van der Waals surface area (Å²) in [5.74, 6) is 0.756. The van der Waals surface area contributed by atoms with Gasteiger partial charge >= 0.3 is 15.6 Å². The lowest BCUT2D eigenvalue weighted by Gasteiger charge is -2.13. The van der Waals surface area contributed by atoms with Gasteiger partial charge in [0.15, 0.2) is 5.12 Å². The molecular weight excluding hydrogens is 329 g/mol. The molecule has 0 spiro atoms. The Morgan fingerprint density at radius 3 is 2.32 bits per heavy atom. The molecule has 1 aliphatic heterocycles. The maximum Gasteiger partial charge on any atom is 0.522 e. The molecule has 12 heteroatoms. The van der Waals surface area contributed by atoms with Gasteiger partial charge < -0.3 is 5.01 Å². The Hall–Kier alpha value is -0.430. The lowest BCUT2D eigenvalue weighted by Crippen LogP contribution is -2.24. The van der Waals surface area contributed by atoms with E-state index in [0.717, 1.165) is 11.4 Å². The predicted molar refractivity (Wildman–Crippen MR) is 67.3 cm³/mol. The minimum absolute atomic E-state index is 0.163. The fourth-order valence-electron chi connectivity index (χ4n) is 0.618. The van der Waals surface area contributed by atoms with Crippen LogP contribution in [0.5, 0.6) is 0 Å². The van der Waals surface area contributed by atoms with Gasteiger partial charge in [0.2, 0.25) is 0 Å². The molecule has 2 N–H and O–H groups in total. The van der Waals surface area contributed by atoms with Gasteiger partial charge in [0.05, 0.1) is 0 Å². The minimum Gasteiger partial charge on any atom is -0.304 e. The van der Waals surface area contributed by atoms with Crippen molar-refractivity contribution in [3.63, 3.8) is 0 Å². The van der Waals surface area contributed by atoms with Crippen molar-refractivity contribution in [2.45, 2.75) is 12.4 Å². The van der Waals surface area contributed by atoms with Crippen LogP contribution in [0.15, 0.2) is 11.1 Å². The predicted octanol–water partition coefficient (Wildman–Crippen LogP) is 1.60. The average molecular weight is 340 g/mol. The van der Waals surface area contributed by atoms with Crippen LogP contribution in [0.2, 0.25) is 0 Å². The molecule has 0 aliphatic carbocycles. The Morgan fingerprint density at radius 1 is 1.58 bits per heavy atom. The van der Waals surface area contributed by atoms with Crippen LogP contribution in [-0.4, -0.2) is 41.4 Å². The minimum atomic E-state index is -5.84. The molecule has 0 aromatic carbocycles. The number of hydrazine groups is 1. The zero-order chi connectivity index (χ0) is 15.3. The summed E-state index contributed by atoms with van der Waals surface area (Å²) < 4.78 is 57.5. The van der Waals surface area contributed by atoms with Crippen LogP contribution in [0.1, 0.15) is 6.92 Å². The van der Waals surface area contributed by atoms with Crippen LogP contribution in [-0.2, 0) is 14.9 Å². The van der Waals surface area contributed by atoms with Crippen LogP contribution >= 0.6 is 23.7 Å². The Balaban J connectivity index is 0.000000362. The van der Waals surface area contributed by atoms with Crippen molar-refractivity contribution in [2.24, 2.45) is 0 Å². The molecule has 0 atom stereocenters. The highest BCUT2D eigenvalue weighted by Crippen LogP contribution is 2.20. The van der Waals surface area contributed by atoms with Gasteiger partial charge in [-0.25, -0.2) is 0 Å². The number of halogens is 3. The molecule has 0 radical (unpaired) electrons. The Morgan fingerprint density at radius 2 is 2.05 bits per heavy atom. The number of nitrogens with one attached hydrogen (secondary N) is 1. The van der Waals surface area contributed by atoms with Crippen LogP contribution in [0, 0.1) is 0 Å². The van der Waals surface area contributed by atoms with Crippen LogP contribution in [0.4, 0.5) is 13.2 Å². The first-order chi connectivity index (χ1) is 8.45. The number of alkyl halides is 3. The Labute approximate surface area is 116 Å². The standard InChI is InChI=1S/C6H10N2OS2.CHF3O3S/c1-5(9)10-3-6-4-11-7-8(6)2;2-1(3,4)8(5,6)7/h4,7H,3H2,1-2H3;(H,5,6,7). The summed E-state index contributed by atoms with van der Waals surface area (Å²) in [6, 6.07) is 0. The van der Waals surface area contributed by atoms with E-state index in [0.29, 0.717) is 0 Å². The second-order valence-corrected chi connectivity index (χ2v) is 6.30. The van der Waals surface area contributed by atoms with Crippen molar-refractivity contribution in [2.75, 3.05) is 12.8 Å². The molecule has 0 amide bonds. The third-order valence-electron chi connectivity index (χ3n) is 1.53. The van der Waals surface area contributed by atoms with E-state index < -0.39 is 15.6 Å². The van der Waals surface area contributed by atoms with Gasteiger partial charge in [-0.05, 0) is 11.9 Å². The van der Waals surface area contributed by atoms with Gasteiger partial charge in [-0.2, -0.15) is 26.4 Å². The Bertz CT molecular complexity index is 449. The van der Waals surface area contributed by atoms with Gasteiger partial charge in [0, 0.05) is 30.8 Å². The van der Waals surface area contributed by atoms with E-state index in [9.17, 15) is 18.0 Å². The summed E-state index contributed by atoms with van der Waals surface area (Å²) in [6.45, 7) is 1.58. The molecule has 6 nitrogen and oxygen atoms in total. The normalized spacial score (nSPS) is 15.7. The van der Waals surface area contributed by atoms with Crippen molar-refractivity contribution in [3.05, 3.63) is 11.1 Å². The number of rotatable bonds is 2. The van der Waals surface area contributed by atoms with Gasteiger partial charge in [0.1, 0.15) is 0 Å². The number of thioether (sulfide) groups is 1. The third-order valence-corrected chi connectivity index (χ3v) is 3.73. The van der Waals surface area contributed by atoms with E-state index >= 15 is 0 Å². The van der Waals surface area contributed by atoms with Crippen molar-refractivity contribution in [1.82, 2.24) is 9.84 Å². The Kier molecular flexibility index (Phi) is 7.21. The van der Waals surface area contributed by atoms with Gasteiger partial charge in [-0.15, -0.1) is 0 Å². The van der Waals surface area contributed by atoms with Crippen molar-refractivity contribution in [3.8, 4) is 0 Å². The first-order valence-corrected chi connectivity index (χ1v) is 7.77. The molecule has 1 aliphatic rings. The molecule has 1 rings (SSSR count). The summed E-state index contributed by atoms with van der Waals surface area (Å²) in [6.07, 6.45) is 0. The molecule has 0 unspecified atom stereocenters. The highest BCUT2D eigenvalue weighted by molar-refractivity contribution is 8.13. The fourth-order valence-corrected chi connectivity index (χ4v) is 2.06. The summed E-state index contributed by atoms with van der Waals surface area (Å²) >= 11 is 2.86. The zero-order valence-electron chi connectivity index (χ0n) is 9.76. The molecule has 0 saturated heterocycles. The molecule has 0 aromatic rings. The van der Waals surface area contributed by atoms with Crippen molar-refractivity contribution < 1.29 is 30.9 Å². The molecule has 19 heavy (non-hydrogen) atoms. The quantitative estimate of drug-likeness (QED) is 0.445. The number of nitrogens with zero attached hydrogens (tertiary/aromatic N) is 1. The van der Waals surface area contributed by atoms with Crippen molar-refractivity contribution in [1.29, 1.82) is 0 Å². The zero-order valence-corrected chi connectivity index (χ0v) is 12.2. The van der Waals surface area contributed by atoms with Crippen LogP contribution in [0.25, 0.3) is 0 Å².